The molecule has 1 aromatic heterocycles. The van der Waals surface area contributed by atoms with Crippen LogP contribution in [-0.2, 0) is 11.9 Å². The van der Waals surface area contributed by atoms with Crippen LogP contribution in [0.1, 0.15) is 12.5 Å². The summed E-state index contributed by atoms with van der Waals surface area (Å²) in [6, 6.07) is 0. The first-order valence-electron chi connectivity index (χ1n) is 3.68. The second-order valence-electron chi connectivity index (χ2n) is 2.30. The van der Waals surface area contributed by atoms with Crippen LogP contribution in [0.25, 0.3) is 0 Å². The maximum Gasteiger partial charge on any atom is 0.173 e. The predicted octanol–water partition coefficient (Wildman–Crippen LogP) is 0.0769. The molecule has 0 saturated carbocycles. The van der Waals surface area contributed by atoms with E-state index >= 15 is 0 Å². The van der Waals surface area contributed by atoms with E-state index in [0.717, 1.165) is 5.56 Å². The second kappa shape index (κ2) is 3.75. The Labute approximate surface area is 70.8 Å². The van der Waals surface area contributed by atoms with Crippen molar-refractivity contribution < 1.29 is 4.84 Å². The smallest absolute Gasteiger partial charge is 0.173 e. The van der Waals surface area contributed by atoms with Gasteiger partial charge in [0.1, 0.15) is 6.61 Å². The quantitative estimate of drug-likeness (QED) is 0.395. The number of rotatable bonds is 3. The summed E-state index contributed by atoms with van der Waals surface area (Å²) in [6.45, 7) is 2.36. The topological polar surface area (TPSA) is 65.4 Å². The summed E-state index contributed by atoms with van der Waals surface area (Å²) in [6.07, 6.45) is 3.41. The molecule has 0 bridgehead atoms. The molecule has 0 saturated heterocycles. The Bertz CT molecular complexity index is 279. The number of hydrogen-bond acceptors (Lipinski definition) is 3. The third kappa shape index (κ3) is 1.98. The lowest BCUT2D eigenvalue weighted by Crippen LogP contribution is -2.12. The summed E-state index contributed by atoms with van der Waals surface area (Å²) in [5.41, 5.74) is 6.34. The van der Waals surface area contributed by atoms with E-state index in [-0.39, 0.29) is 0 Å². The molecule has 0 aliphatic heterocycles. The highest BCUT2D eigenvalue weighted by molar-refractivity contribution is 5.96. The lowest BCUT2D eigenvalue weighted by atomic mass is 10.3. The van der Waals surface area contributed by atoms with Gasteiger partial charge in [-0.15, -0.1) is 0 Å². The van der Waals surface area contributed by atoms with E-state index in [1.807, 2.05) is 14.0 Å². The summed E-state index contributed by atoms with van der Waals surface area (Å²) in [7, 11) is 1.82. The number of nitrogens with two attached hydrogens (primary N) is 1. The highest BCUT2D eigenvalue weighted by Gasteiger charge is 2.00. The highest BCUT2D eigenvalue weighted by atomic mass is 16.6. The Kier molecular flexibility index (Phi) is 2.68. The minimum atomic E-state index is 0.352. The number of amidine groups is 1. The van der Waals surface area contributed by atoms with E-state index in [1.54, 1.807) is 17.1 Å². The summed E-state index contributed by atoms with van der Waals surface area (Å²) in [5.74, 6) is 0.352. The zero-order valence-corrected chi connectivity index (χ0v) is 7.19. The van der Waals surface area contributed by atoms with Crippen molar-refractivity contribution in [3.8, 4) is 0 Å². The van der Waals surface area contributed by atoms with Gasteiger partial charge in [0, 0.05) is 13.2 Å². The molecule has 0 aliphatic rings. The molecule has 12 heavy (non-hydrogen) atoms. The number of aromatic nitrogens is 2. The second-order valence-corrected chi connectivity index (χ2v) is 2.30. The average Bonchev–Trinajstić information content (AvgIpc) is 2.47. The molecule has 1 aromatic rings. The van der Waals surface area contributed by atoms with Gasteiger partial charge in [-0.25, -0.2) is 0 Å². The Morgan fingerprint density at radius 2 is 2.58 bits per heavy atom. The van der Waals surface area contributed by atoms with E-state index < -0.39 is 0 Å². The normalized spacial score (nSPS) is 11.7. The summed E-state index contributed by atoms with van der Waals surface area (Å²) in [5, 5.41) is 7.61. The molecule has 1 rings (SSSR count). The minimum Gasteiger partial charge on any atom is -0.394 e. The molecule has 1 heterocycles. The van der Waals surface area contributed by atoms with E-state index in [1.165, 1.54) is 0 Å². The Hall–Kier alpha value is -1.52. The monoisotopic (exact) mass is 168 g/mol. The Morgan fingerprint density at radius 3 is 3.08 bits per heavy atom. The number of hydrogen-bond donors (Lipinski definition) is 1. The number of oxime groups is 1. The van der Waals surface area contributed by atoms with E-state index in [0.29, 0.717) is 12.4 Å². The lowest BCUT2D eigenvalue weighted by Gasteiger charge is -1.95. The van der Waals surface area contributed by atoms with Gasteiger partial charge >= 0.3 is 0 Å². The molecule has 0 aliphatic carbocycles. The van der Waals surface area contributed by atoms with Gasteiger partial charge in [0.25, 0.3) is 0 Å². The largest absolute Gasteiger partial charge is 0.394 e. The van der Waals surface area contributed by atoms with E-state index in [2.05, 4.69) is 10.3 Å². The van der Waals surface area contributed by atoms with Crippen LogP contribution < -0.4 is 5.73 Å². The first-order chi connectivity index (χ1) is 5.74. The zero-order valence-electron chi connectivity index (χ0n) is 7.19. The fourth-order valence-electron chi connectivity index (χ4n) is 0.740. The maximum absolute atomic E-state index is 5.57. The number of aryl methyl sites for hydroxylation is 1. The maximum atomic E-state index is 5.57. The SMILES string of the molecule is CCO/N=C(\N)c1cnn(C)c1. The Morgan fingerprint density at radius 1 is 1.83 bits per heavy atom. The molecule has 0 aromatic carbocycles. The summed E-state index contributed by atoms with van der Waals surface area (Å²) in [4.78, 5) is 4.78. The zero-order chi connectivity index (χ0) is 8.97. The summed E-state index contributed by atoms with van der Waals surface area (Å²) < 4.78 is 1.66. The van der Waals surface area contributed by atoms with Crippen molar-refractivity contribution in [2.24, 2.45) is 17.9 Å². The lowest BCUT2D eigenvalue weighted by molar-refractivity contribution is 0.158. The molecule has 0 fully saturated rings. The molecule has 0 unspecified atom stereocenters. The van der Waals surface area contributed by atoms with Crippen molar-refractivity contribution in [3.05, 3.63) is 18.0 Å². The van der Waals surface area contributed by atoms with Gasteiger partial charge in [-0.3, -0.25) is 4.68 Å². The van der Waals surface area contributed by atoms with E-state index in [4.69, 9.17) is 10.6 Å². The van der Waals surface area contributed by atoms with Gasteiger partial charge in [-0.05, 0) is 6.92 Å². The van der Waals surface area contributed by atoms with Crippen molar-refractivity contribution >= 4 is 5.84 Å². The van der Waals surface area contributed by atoms with Gasteiger partial charge in [0.05, 0.1) is 11.8 Å². The first-order valence-corrected chi connectivity index (χ1v) is 3.68. The molecule has 0 radical (unpaired) electrons. The molecule has 5 heteroatoms. The van der Waals surface area contributed by atoms with Crippen molar-refractivity contribution in [2.45, 2.75) is 6.92 Å². The first kappa shape index (κ1) is 8.58. The third-order valence-electron chi connectivity index (χ3n) is 1.29. The summed E-state index contributed by atoms with van der Waals surface area (Å²) >= 11 is 0. The van der Waals surface area contributed by atoms with Crippen molar-refractivity contribution in [1.82, 2.24) is 9.78 Å². The van der Waals surface area contributed by atoms with Crippen molar-refractivity contribution in [2.75, 3.05) is 6.61 Å². The standard InChI is InChI=1S/C7H12N4O/c1-3-12-10-7(8)6-4-9-11(2)5-6/h4-5H,3H2,1-2H3,(H2,8,10). The van der Waals surface area contributed by atoms with Gasteiger partial charge in [0.2, 0.25) is 0 Å². The van der Waals surface area contributed by atoms with Crippen molar-refractivity contribution in [1.29, 1.82) is 0 Å². The molecule has 2 N–H and O–H groups in total. The molecule has 5 nitrogen and oxygen atoms in total. The van der Waals surface area contributed by atoms with Crippen LogP contribution >= 0.6 is 0 Å². The van der Waals surface area contributed by atoms with E-state index in [9.17, 15) is 0 Å². The van der Waals surface area contributed by atoms with Gasteiger partial charge in [-0.2, -0.15) is 5.10 Å². The fraction of sp³-hybridized carbons (Fsp3) is 0.429. The van der Waals surface area contributed by atoms with Gasteiger partial charge in [-0.1, -0.05) is 5.16 Å². The van der Waals surface area contributed by atoms with Crippen LogP contribution in [0, 0.1) is 0 Å². The number of nitrogens with zero attached hydrogens (tertiary/aromatic N) is 3. The van der Waals surface area contributed by atoms with Crippen LogP contribution in [0.5, 0.6) is 0 Å². The molecule has 66 valence electrons. The fourth-order valence-corrected chi connectivity index (χ4v) is 0.740. The third-order valence-corrected chi connectivity index (χ3v) is 1.29. The molecule has 0 spiro atoms. The van der Waals surface area contributed by atoms with Gasteiger partial charge < -0.3 is 10.6 Å². The van der Waals surface area contributed by atoms with Crippen LogP contribution in [0.2, 0.25) is 0 Å². The van der Waals surface area contributed by atoms with Crippen LogP contribution in [0.4, 0.5) is 0 Å². The average molecular weight is 168 g/mol. The van der Waals surface area contributed by atoms with Crippen molar-refractivity contribution in [3.63, 3.8) is 0 Å². The predicted molar refractivity (Wildman–Crippen MR) is 45.6 cm³/mol. The molecule has 0 atom stereocenters. The van der Waals surface area contributed by atoms with Crippen LogP contribution in [0.3, 0.4) is 0 Å². The van der Waals surface area contributed by atoms with Gasteiger partial charge in [0.15, 0.2) is 5.84 Å². The Balaban J connectivity index is 2.70. The molecular weight excluding hydrogens is 156 g/mol. The van der Waals surface area contributed by atoms with Crippen LogP contribution in [-0.4, -0.2) is 22.2 Å². The molecular formula is C7H12N4O. The minimum absolute atomic E-state index is 0.352. The highest BCUT2D eigenvalue weighted by Crippen LogP contribution is 1.95. The molecule has 0 amide bonds. The van der Waals surface area contributed by atoms with Crippen LogP contribution in [0.15, 0.2) is 17.5 Å².